The summed E-state index contributed by atoms with van der Waals surface area (Å²) in [5.41, 5.74) is 11.4. The van der Waals surface area contributed by atoms with Crippen molar-refractivity contribution in [2.45, 2.75) is 50.3 Å². The van der Waals surface area contributed by atoms with Crippen LogP contribution in [-0.2, 0) is 9.53 Å². The lowest BCUT2D eigenvalue weighted by Gasteiger charge is -2.30. The fraction of sp³-hybridized carbons (Fsp3) is 0.600. The minimum absolute atomic E-state index is 0.290. The number of amides is 1. The van der Waals surface area contributed by atoms with E-state index in [1.165, 1.54) is 4.90 Å². The summed E-state index contributed by atoms with van der Waals surface area (Å²) in [6.07, 6.45) is 1.70. The average Bonchev–Trinajstić information content (AvgIpc) is 2.84. The fourth-order valence-electron chi connectivity index (χ4n) is 2.74. The van der Waals surface area contributed by atoms with Gasteiger partial charge < -0.3 is 36.6 Å². The Morgan fingerprint density at radius 1 is 1.62 bits per heavy atom. The number of aliphatic hydroxyl groups is 2. The van der Waals surface area contributed by atoms with E-state index in [2.05, 4.69) is 16.9 Å². The summed E-state index contributed by atoms with van der Waals surface area (Å²) in [7, 11) is 0. The summed E-state index contributed by atoms with van der Waals surface area (Å²) >= 11 is 0. The minimum Gasteiger partial charge on any atom is -0.394 e. The van der Waals surface area contributed by atoms with Crippen LogP contribution in [0.1, 0.15) is 19.8 Å². The Balaban J connectivity index is 2.09. The second-order valence-electron chi connectivity index (χ2n) is 5.84. The third-order valence-electron chi connectivity index (χ3n) is 4.04. The molecule has 0 aromatic carbocycles. The van der Waals surface area contributed by atoms with Gasteiger partial charge in [0.05, 0.1) is 18.7 Å². The molecule has 1 amide bonds. The van der Waals surface area contributed by atoms with E-state index in [1.807, 2.05) is 6.92 Å². The molecule has 0 aromatic heterocycles. The summed E-state index contributed by atoms with van der Waals surface area (Å²) < 4.78 is 5.67. The van der Waals surface area contributed by atoms with Crippen LogP contribution in [-0.4, -0.2) is 64.0 Å². The van der Waals surface area contributed by atoms with Gasteiger partial charge >= 0.3 is 0 Å². The Morgan fingerprint density at radius 3 is 2.92 bits per heavy atom. The molecular weight excluding hydrogens is 314 g/mol. The molecular formula is C15H25N5O4. The highest BCUT2D eigenvalue weighted by Crippen LogP contribution is 2.28. The molecule has 7 N–H and O–H groups in total. The van der Waals surface area contributed by atoms with E-state index in [4.69, 9.17) is 16.2 Å². The summed E-state index contributed by atoms with van der Waals surface area (Å²) in [5, 5.41) is 22.7. The molecule has 0 aliphatic carbocycles. The topological polar surface area (TPSA) is 146 Å². The van der Waals surface area contributed by atoms with Crippen molar-refractivity contribution in [2.24, 2.45) is 16.5 Å². The Kier molecular flexibility index (Phi) is 5.94. The monoisotopic (exact) mass is 339 g/mol. The van der Waals surface area contributed by atoms with Gasteiger partial charge in [0, 0.05) is 6.20 Å². The number of nitrogens with two attached hydrogens (primary N) is 2. The number of carbonyl (C=O) groups excluding carboxylic acids is 1. The zero-order valence-electron chi connectivity index (χ0n) is 13.6. The second kappa shape index (κ2) is 7.75. The van der Waals surface area contributed by atoms with Crippen LogP contribution >= 0.6 is 0 Å². The molecule has 0 bridgehead atoms. The molecule has 9 nitrogen and oxygen atoms in total. The van der Waals surface area contributed by atoms with Crippen LogP contribution in [0.3, 0.4) is 0 Å². The molecule has 1 fully saturated rings. The van der Waals surface area contributed by atoms with Gasteiger partial charge in [0.1, 0.15) is 23.9 Å². The van der Waals surface area contributed by atoms with Crippen molar-refractivity contribution in [3.63, 3.8) is 0 Å². The zero-order valence-corrected chi connectivity index (χ0v) is 13.6. The molecule has 9 heteroatoms. The van der Waals surface area contributed by atoms with E-state index in [1.54, 1.807) is 12.3 Å². The first-order valence-electron chi connectivity index (χ1n) is 7.89. The maximum Gasteiger partial charge on any atom is 0.237 e. The Hall–Kier alpha value is -1.94. The second-order valence-corrected chi connectivity index (χ2v) is 5.84. The van der Waals surface area contributed by atoms with Gasteiger partial charge in [0.15, 0.2) is 6.23 Å². The molecule has 0 spiro atoms. The number of aliphatic imine (C=N–C) groups is 1. The van der Waals surface area contributed by atoms with Crippen LogP contribution in [0.2, 0.25) is 0 Å². The number of hydrogen-bond donors (Lipinski definition) is 5. The molecule has 0 saturated carbocycles. The molecule has 0 aromatic rings. The number of nitrogens with one attached hydrogen (secondary N) is 1. The molecule has 0 radical (unpaired) electrons. The van der Waals surface area contributed by atoms with Gasteiger partial charge in [-0.25, -0.2) is 4.99 Å². The predicted octanol–water partition coefficient (Wildman–Crippen LogP) is -1.67. The van der Waals surface area contributed by atoms with Gasteiger partial charge in [0.25, 0.3) is 0 Å². The molecule has 1 saturated heterocycles. The van der Waals surface area contributed by atoms with Gasteiger partial charge in [-0.2, -0.15) is 0 Å². The summed E-state index contributed by atoms with van der Waals surface area (Å²) in [5.74, 6) is 0.196. The van der Waals surface area contributed by atoms with Crippen molar-refractivity contribution in [3.8, 4) is 0 Å². The summed E-state index contributed by atoms with van der Waals surface area (Å²) in [6.45, 7) is 5.32. The largest absolute Gasteiger partial charge is 0.394 e. The zero-order chi connectivity index (χ0) is 17.9. The smallest absolute Gasteiger partial charge is 0.237 e. The van der Waals surface area contributed by atoms with Gasteiger partial charge in [-0.3, -0.25) is 4.79 Å². The number of nitrogens with zero attached hydrogens (tertiary/aromatic N) is 2. The Bertz CT molecular complexity index is 550. The number of rotatable bonds is 6. The van der Waals surface area contributed by atoms with Crippen LogP contribution in [0.15, 0.2) is 29.7 Å². The fourth-order valence-corrected chi connectivity index (χ4v) is 2.74. The van der Waals surface area contributed by atoms with E-state index in [0.717, 1.165) is 6.42 Å². The number of aliphatic hydroxyl groups excluding tert-OH is 2. The van der Waals surface area contributed by atoms with E-state index in [-0.39, 0.29) is 18.3 Å². The van der Waals surface area contributed by atoms with Crippen molar-refractivity contribution in [3.05, 3.63) is 24.7 Å². The van der Waals surface area contributed by atoms with Crippen molar-refractivity contribution >= 4 is 11.7 Å². The first kappa shape index (κ1) is 18.4. The van der Waals surface area contributed by atoms with E-state index in [9.17, 15) is 15.0 Å². The average molecular weight is 339 g/mol. The Morgan fingerprint density at radius 2 is 2.33 bits per heavy atom. The van der Waals surface area contributed by atoms with Crippen LogP contribution in [0.4, 0.5) is 0 Å². The maximum atomic E-state index is 12.1. The number of ether oxygens (including phenoxy) is 1. The number of hydrogen-bond acceptors (Lipinski definition) is 8. The quantitative estimate of drug-likeness (QED) is 0.389. The van der Waals surface area contributed by atoms with Crippen LogP contribution in [0, 0.1) is 0 Å². The van der Waals surface area contributed by atoms with Crippen LogP contribution in [0.25, 0.3) is 0 Å². The summed E-state index contributed by atoms with van der Waals surface area (Å²) in [6, 6.07) is -1.46. The van der Waals surface area contributed by atoms with Crippen molar-refractivity contribution in [2.75, 3.05) is 6.61 Å². The third-order valence-corrected chi connectivity index (χ3v) is 4.04. The highest BCUT2D eigenvalue weighted by atomic mass is 16.5. The van der Waals surface area contributed by atoms with E-state index in [0.29, 0.717) is 12.2 Å². The molecule has 24 heavy (non-hydrogen) atoms. The third kappa shape index (κ3) is 3.75. The van der Waals surface area contributed by atoms with Crippen molar-refractivity contribution in [1.29, 1.82) is 0 Å². The standard InChI is InChI=1S/C15H25N5O4/c1-3-4-9(16)14(23)19-12-10(7-21)24-15(13(12)22)20-6-5-11(17)18-8(20)2/h5-6,9-10,12-13,15,21-22H,2-4,7,16H2,1H3,(H2,17,18)(H,19,23)/t9?,10-,12?,13+,15-/m1/s1. The molecule has 5 atom stereocenters. The lowest BCUT2D eigenvalue weighted by atomic mass is 10.1. The van der Waals surface area contributed by atoms with Gasteiger partial charge in [-0.05, 0) is 12.5 Å². The van der Waals surface area contributed by atoms with Crippen molar-refractivity contribution < 1.29 is 19.7 Å². The summed E-state index contributed by atoms with van der Waals surface area (Å²) in [4.78, 5) is 17.6. The molecule has 2 aliphatic rings. The predicted molar refractivity (Wildman–Crippen MR) is 88.3 cm³/mol. The molecule has 134 valence electrons. The van der Waals surface area contributed by atoms with Crippen LogP contribution in [0.5, 0.6) is 0 Å². The number of amidine groups is 1. The SMILES string of the molecule is C=C1N=C(N)C=CN1[C@@H]1O[C@H](CO)C(NC(=O)C(N)CCC)[C@@H]1O. The first-order valence-corrected chi connectivity index (χ1v) is 7.89. The van der Waals surface area contributed by atoms with Gasteiger partial charge in [-0.1, -0.05) is 19.9 Å². The van der Waals surface area contributed by atoms with Gasteiger partial charge in [0.2, 0.25) is 5.91 Å². The highest BCUT2D eigenvalue weighted by Gasteiger charge is 2.47. The van der Waals surface area contributed by atoms with E-state index >= 15 is 0 Å². The normalized spacial score (nSPS) is 31.1. The Labute approximate surface area is 140 Å². The minimum atomic E-state index is -1.10. The molecule has 2 unspecified atom stereocenters. The molecule has 2 aliphatic heterocycles. The van der Waals surface area contributed by atoms with E-state index < -0.39 is 30.5 Å². The maximum absolute atomic E-state index is 12.1. The molecule has 2 rings (SSSR count). The lowest BCUT2D eigenvalue weighted by Crippen LogP contribution is -2.54. The van der Waals surface area contributed by atoms with Crippen molar-refractivity contribution in [1.82, 2.24) is 10.2 Å². The van der Waals surface area contributed by atoms with Gasteiger partial charge in [-0.15, -0.1) is 0 Å². The molecule has 2 heterocycles. The van der Waals surface area contributed by atoms with Crippen LogP contribution < -0.4 is 16.8 Å². The highest BCUT2D eigenvalue weighted by molar-refractivity contribution is 5.92. The first-order chi connectivity index (χ1) is 11.4. The lowest BCUT2D eigenvalue weighted by molar-refractivity contribution is -0.124. The number of carbonyl (C=O) groups is 1.